The van der Waals surface area contributed by atoms with Crippen molar-refractivity contribution in [2.24, 2.45) is 0 Å². The zero-order valence-corrected chi connectivity index (χ0v) is 15.3. The second kappa shape index (κ2) is 6.43. The number of benzene rings is 2. The summed E-state index contributed by atoms with van der Waals surface area (Å²) >= 11 is 9.61. The summed E-state index contributed by atoms with van der Waals surface area (Å²) in [6.07, 6.45) is 1.82. The van der Waals surface area contributed by atoms with Gasteiger partial charge < -0.3 is 10.4 Å². The van der Waals surface area contributed by atoms with E-state index >= 15 is 0 Å². The Kier molecular flexibility index (Phi) is 4.11. The molecule has 6 heteroatoms. The van der Waals surface area contributed by atoms with Crippen LogP contribution in [-0.2, 0) is 0 Å². The zero-order valence-electron chi connectivity index (χ0n) is 12.9. The molecule has 0 aliphatic heterocycles. The number of aromatic nitrogens is 2. The van der Waals surface area contributed by atoms with Crippen molar-refractivity contribution in [1.29, 1.82) is 0 Å². The molecule has 0 saturated heterocycles. The van der Waals surface area contributed by atoms with Crippen LogP contribution in [0.25, 0.3) is 16.9 Å². The van der Waals surface area contributed by atoms with Gasteiger partial charge in [0.05, 0.1) is 5.02 Å². The Labute approximate surface area is 157 Å². The Morgan fingerprint density at radius 3 is 2.60 bits per heavy atom. The predicted molar refractivity (Wildman–Crippen MR) is 105 cm³/mol. The lowest BCUT2D eigenvalue weighted by atomic mass is 10.1. The number of aromatic hydroxyl groups is 1. The van der Waals surface area contributed by atoms with Gasteiger partial charge in [-0.05, 0) is 48.5 Å². The highest BCUT2D eigenvalue weighted by molar-refractivity contribution is 9.10. The number of halogens is 2. The van der Waals surface area contributed by atoms with Gasteiger partial charge in [0.1, 0.15) is 22.9 Å². The number of phenolic OH excluding ortho intramolecular Hbond substituents is 1. The van der Waals surface area contributed by atoms with E-state index in [0.717, 1.165) is 32.9 Å². The van der Waals surface area contributed by atoms with Gasteiger partial charge in [-0.1, -0.05) is 39.7 Å². The van der Waals surface area contributed by atoms with Gasteiger partial charge in [0.2, 0.25) is 0 Å². The van der Waals surface area contributed by atoms with E-state index in [2.05, 4.69) is 21.2 Å². The lowest BCUT2D eigenvalue weighted by molar-refractivity contribution is 0.475. The third kappa shape index (κ3) is 3.21. The first-order chi connectivity index (χ1) is 12.1. The Balaban J connectivity index is 1.91. The van der Waals surface area contributed by atoms with E-state index in [1.807, 2.05) is 47.0 Å². The van der Waals surface area contributed by atoms with Crippen LogP contribution in [-0.4, -0.2) is 14.5 Å². The van der Waals surface area contributed by atoms with Crippen LogP contribution in [0.3, 0.4) is 0 Å². The molecule has 0 amide bonds. The number of nitrogens with zero attached hydrogens (tertiary/aromatic N) is 2. The average molecular weight is 415 g/mol. The van der Waals surface area contributed by atoms with Gasteiger partial charge in [-0.25, -0.2) is 4.98 Å². The van der Waals surface area contributed by atoms with E-state index in [-0.39, 0.29) is 5.75 Å². The number of anilines is 2. The van der Waals surface area contributed by atoms with E-state index in [0.29, 0.717) is 5.02 Å². The number of phenols is 1. The molecular formula is C19H13BrClN3O. The number of rotatable bonds is 3. The van der Waals surface area contributed by atoms with Gasteiger partial charge in [0, 0.05) is 21.9 Å². The van der Waals surface area contributed by atoms with Crippen molar-refractivity contribution >= 4 is 44.7 Å². The third-order valence-electron chi connectivity index (χ3n) is 3.81. The maximum absolute atomic E-state index is 9.82. The summed E-state index contributed by atoms with van der Waals surface area (Å²) in [6, 6.07) is 18.6. The van der Waals surface area contributed by atoms with Crippen molar-refractivity contribution in [3.05, 3.63) is 76.4 Å². The molecule has 2 N–H and O–H groups in total. The maximum Gasteiger partial charge on any atom is 0.143 e. The highest BCUT2D eigenvalue weighted by Crippen LogP contribution is 2.33. The maximum atomic E-state index is 9.82. The number of hydrogen-bond donors (Lipinski definition) is 2. The molecule has 0 unspecified atom stereocenters. The Morgan fingerprint density at radius 2 is 1.84 bits per heavy atom. The highest BCUT2D eigenvalue weighted by Gasteiger charge is 2.15. The molecule has 2 heterocycles. The summed E-state index contributed by atoms with van der Waals surface area (Å²) in [5.41, 5.74) is 3.24. The summed E-state index contributed by atoms with van der Waals surface area (Å²) in [4.78, 5) is 4.70. The summed E-state index contributed by atoms with van der Waals surface area (Å²) in [6.45, 7) is 0. The van der Waals surface area contributed by atoms with Crippen LogP contribution in [0, 0.1) is 0 Å². The van der Waals surface area contributed by atoms with Crippen LogP contribution in [0.15, 0.2) is 71.3 Å². The second-order valence-corrected chi connectivity index (χ2v) is 6.92. The molecule has 0 atom stereocenters. The largest absolute Gasteiger partial charge is 0.508 e. The van der Waals surface area contributed by atoms with Crippen LogP contribution in [0.2, 0.25) is 5.02 Å². The molecule has 0 fully saturated rings. The summed E-state index contributed by atoms with van der Waals surface area (Å²) in [5, 5.41) is 13.8. The molecule has 0 aliphatic carbocycles. The first kappa shape index (κ1) is 16.0. The van der Waals surface area contributed by atoms with Crippen molar-refractivity contribution < 1.29 is 5.11 Å². The van der Waals surface area contributed by atoms with Crippen molar-refractivity contribution in [1.82, 2.24) is 9.38 Å². The molecule has 0 spiro atoms. The normalized spacial score (nSPS) is 11.0. The minimum absolute atomic E-state index is 0.196. The van der Waals surface area contributed by atoms with Gasteiger partial charge >= 0.3 is 0 Å². The molecular weight excluding hydrogens is 402 g/mol. The minimum atomic E-state index is 0.196. The Hall–Kier alpha value is -2.50. The first-order valence-corrected chi connectivity index (χ1v) is 8.77. The standard InChI is InChI=1S/C19H13BrClN3O/c20-13-4-7-15(8-5-13)22-19-18(12-2-1-3-16(25)10-12)23-17-9-6-14(21)11-24(17)19/h1-11,22,25H. The molecule has 2 aromatic heterocycles. The van der Waals surface area contributed by atoms with Crippen molar-refractivity contribution in [2.75, 3.05) is 5.32 Å². The number of nitrogens with one attached hydrogen (secondary N) is 1. The summed E-state index contributed by atoms with van der Waals surface area (Å²) in [5.74, 6) is 0.979. The van der Waals surface area contributed by atoms with Crippen molar-refractivity contribution in [3.63, 3.8) is 0 Å². The van der Waals surface area contributed by atoms with Crippen LogP contribution in [0.1, 0.15) is 0 Å². The number of imidazole rings is 1. The monoisotopic (exact) mass is 413 g/mol. The fourth-order valence-corrected chi connectivity index (χ4v) is 3.09. The van der Waals surface area contributed by atoms with E-state index in [1.165, 1.54) is 0 Å². The molecule has 25 heavy (non-hydrogen) atoms. The average Bonchev–Trinajstić information content (AvgIpc) is 2.95. The van der Waals surface area contributed by atoms with Gasteiger partial charge in [0.15, 0.2) is 0 Å². The molecule has 4 rings (SSSR count). The summed E-state index contributed by atoms with van der Waals surface area (Å²) < 4.78 is 2.91. The topological polar surface area (TPSA) is 49.6 Å². The highest BCUT2D eigenvalue weighted by atomic mass is 79.9. The molecule has 0 radical (unpaired) electrons. The van der Waals surface area contributed by atoms with Crippen molar-refractivity contribution in [3.8, 4) is 17.0 Å². The van der Waals surface area contributed by atoms with Crippen LogP contribution in [0.5, 0.6) is 5.75 Å². The van der Waals surface area contributed by atoms with Crippen molar-refractivity contribution in [2.45, 2.75) is 0 Å². The van der Waals surface area contributed by atoms with Gasteiger partial charge in [-0.2, -0.15) is 0 Å². The second-order valence-electron chi connectivity index (χ2n) is 5.57. The fraction of sp³-hybridized carbons (Fsp3) is 0. The van der Waals surface area contributed by atoms with Gasteiger partial charge in [-0.3, -0.25) is 4.40 Å². The van der Waals surface area contributed by atoms with E-state index in [9.17, 15) is 5.11 Å². The van der Waals surface area contributed by atoms with E-state index in [4.69, 9.17) is 16.6 Å². The Morgan fingerprint density at radius 1 is 1.04 bits per heavy atom. The predicted octanol–water partition coefficient (Wildman–Crippen LogP) is 5.87. The molecule has 4 aromatic rings. The van der Waals surface area contributed by atoms with Crippen LogP contribution >= 0.6 is 27.5 Å². The van der Waals surface area contributed by atoms with E-state index < -0.39 is 0 Å². The quantitative estimate of drug-likeness (QED) is 0.441. The lowest BCUT2D eigenvalue weighted by Gasteiger charge is -2.09. The summed E-state index contributed by atoms with van der Waals surface area (Å²) in [7, 11) is 0. The lowest BCUT2D eigenvalue weighted by Crippen LogP contribution is -1.97. The molecule has 0 bridgehead atoms. The molecule has 0 aliphatic rings. The number of fused-ring (bicyclic) bond motifs is 1. The van der Waals surface area contributed by atoms with Crippen LogP contribution in [0.4, 0.5) is 11.5 Å². The molecule has 4 nitrogen and oxygen atoms in total. The molecule has 2 aromatic carbocycles. The molecule has 0 saturated carbocycles. The minimum Gasteiger partial charge on any atom is -0.508 e. The fourth-order valence-electron chi connectivity index (χ4n) is 2.66. The zero-order chi connectivity index (χ0) is 17.4. The number of pyridine rings is 1. The third-order valence-corrected chi connectivity index (χ3v) is 4.56. The van der Waals surface area contributed by atoms with Gasteiger partial charge in [-0.15, -0.1) is 0 Å². The van der Waals surface area contributed by atoms with E-state index in [1.54, 1.807) is 24.3 Å². The smallest absolute Gasteiger partial charge is 0.143 e. The number of hydrogen-bond acceptors (Lipinski definition) is 3. The Bertz CT molecular complexity index is 1060. The van der Waals surface area contributed by atoms with Gasteiger partial charge in [0.25, 0.3) is 0 Å². The first-order valence-electron chi connectivity index (χ1n) is 7.60. The van der Waals surface area contributed by atoms with Crippen LogP contribution < -0.4 is 5.32 Å². The molecule has 124 valence electrons. The SMILES string of the molecule is Oc1cccc(-c2nc3ccc(Cl)cn3c2Nc2ccc(Br)cc2)c1.